The summed E-state index contributed by atoms with van der Waals surface area (Å²) in [5.74, 6) is 2.72. The van der Waals surface area contributed by atoms with Crippen LogP contribution in [0.2, 0.25) is 0 Å². The highest BCUT2D eigenvalue weighted by atomic mass is 32.2. The van der Waals surface area contributed by atoms with Crippen molar-refractivity contribution < 1.29 is 4.74 Å². The van der Waals surface area contributed by atoms with Gasteiger partial charge in [0.25, 0.3) is 0 Å². The van der Waals surface area contributed by atoms with Gasteiger partial charge in [-0.05, 0) is 60.9 Å². The average molecular weight is 487 g/mol. The van der Waals surface area contributed by atoms with E-state index >= 15 is 0 Å². The van der Waals surface area contributed by atoms with Crippen LogP contribution < -0.4 is 15.0 Å². The highest BCUT2D eigenvalue weighted by Gasteiger charge is 2.21. The van der Waals surface area contributed by atoms with Gasteiger partial charge in [0.05, 0.1) is 12.8 Å². The third-order valence-corrected chi connectivity index (χ3v) is 7.02. The van der Waals surface area contributed by atoms with E-state index in [1.54, 1.807) is 18.9 Å². The van der Waals surface area contributed by atoms with Crippen LogP contribution in [0.25, 0.3) is 22.0 Å². The quantitative estimate of drug-likeness (QED) is 0.273. The number of nitrogens with one attached hydrogen (secondary N) is 1. The van der Waals surface area contributed by atoms with E-state index < -0.39 is 0 Å². The summed E-state index contributed by atoms with van der Waals surface area (Å²) in [4.78, 5) is 20.5. The van der Waals surface area contributed by atoms with Crippen molar-refractivity contribution >= 4 is 34.0 Å². The molecule has 3 heterocycles. The van der Waals surface area contributed by atoms with E-state index in [0.29, 0.717) is 6.04 Å². The molecule has 180 valence electrons. The summed E-state index contributed by atoms with van der Waals surface area (Å²) in [5.41, 5.74) is 3.14. The lowest BCUT2D eigenvalue weighted by Crippen LogP contribution is -2.39. The summed E-state index contributed by atoms with van der Waals surface area (Å²) in [6, 6.07) is 15.0. The van der Waals surface area contributed by atoms with Crippen molar-refractivity contribution in [3.8, 4) is 17.0 Å². The second kappa shape index (κ2) is 10.5. The third kappa shape index (κ3) is 5.17. The molecule has 1 aliphatic heterocycles. The number of nitrogens with zero attached hydrogens (tertiary/aromatic N) is 5. The van der Waals surface area contributed by atoms with Crippen LogP contribution in [-0.4, -0.2) is 52.4 Å². The van der Waals surface area contributed by atoms with E-state index in [1.165, 1.54) is 0 Å². The van der Waals surface area contributed by atoms with Gasteiger partial charge >= 0.3 is 0 Å². The molecule has 7 nitrogen and oxygen atoms in total. The number of aromatic nitrogens is 4. The second-order valence-electron chi connectivity index (χ2n) is 8.63. The summed E-state index contributed by atoms with van der Waals surface area (Å²) in [6.07, 6.45) is 8.57. The van der Waals surface area contributed by atoms with Gasteiger partial charge in [-0.1, -0.05) is 24.8 Å². The van der Waals surface area contributed by atoms with Crippen molar-refractivity contribution in [2.45, 2.75) is 37.4 Å². The van der Waals surface area contributed by atoms with Gasteiger partial charge in [0, 0.05) is 54.6 Å². The smallest absolute Gasteiger partial charge is 0.189 e. The maximum absolute atomic E-state index is 5.53. The Morgan fingerprint density at radius 3 is 2.63 bits per heavy atom. The summed E-state index contributed by atoms with van der Waals surface area (Å²) < 4.78 is 5.53. The van der Waals surface area contributed by atoms with Gasteiger partial charge in [-0.3, -0.25) is 0 Å². The highest BCUT2D eigenvalue weighted by molar-refractivity contribution is 7.98. The molecule has 0 saturated carbocycles. The van der Waals surface area contributed by atoms with Gasteiger partial charge in [-0.25, -0.2) is 19.9 Å². The second-order valence-corrected chi connectivity index (χ2v) is 9.40. The summed E-state index contributed by atoms with van der Waals surface area (Å²) in [6.45, 7) is 3.99. The van der Waals surface area contributed by atoms with E-state index in [2.05, 4.69) is 56.4 Å². The number of ether oxygens (including phenoxy) is 1. The van der Waals surface area contributed by atoms with Crippen LogP contribution in [-0.2, 0) is 6.42 Å². The largest absolute Gasteiger partial charge is 0.497 e. The Balaban J connectivity index is 1.41. The lowest BCUT2D eigenvalue weighted by atomic mass is 9.99. The molecule has 4 aromatic rings. The zero-order valence-electron chi connectivity index (χ0n) is 20.4. The van der Waals surface area contributed by atoms with Gasteiger partial charge in [0.15, 0.2) is 5.16 Å². The molecule has 0 spiro atoms. The van der Waals surface area contributed by atoms with Crippen LogP contribution in [0, 0.1) is 0 Å². The van der Waals surface area contributed by atoms with Crippen molar-refractivity contribution in [2.24, 2.45) is 0 Å². The fourth-order valence-electron chi connectivity index (χ4n) is 4.54. The SMILES string of the molecule is CCc1nccc(-c2cc(NC3CCN(c4ccnc(SC)n4)CC3)c3cc(OC)ccc3c2)n1. The number of piperidine rings is 1. The minimum absolute atomic E-state index is 0.370. The van der Waals surface area contributed by atoms with Crippen molar-refractivity contribution in [2.75, 3.05) is 36.7 Å². The van der Waals surface area contributed by atoms with Gasteiger partial charge in [-0.15, -0.1) is 0 Å². The first-order chi connectivity index (χ1) is 17.2. The minimum atomic E-state index is 0.370. The van der Waals surface area contributed by atoms with Crippen LogP contribution >= 0.6 is 11.8 Å². The zero-order chi connectivity index (χ0) is 24.2. The van der Waals surface area contributed by atoms with Crippen LogP contribution in [0.5, 0.6) is 5.75 Å². The number of fused-ring (bicyclic) bond motifs is 1. The highest BCUT2D eigenvalue weighted by Crippen LogP contribution is 2.34. The van der Waals surface area contributed by atoms with Gasteiger partial charge in [0.1, 0.15) is 17.4 Å². The summed E-state index contributed by atoms with van der Waals surface area (Å²) >= 11 is 1.57. The maximum atomic E-state index is 5.53. The molecule has 1 saturated heterocycles. The van der Waals surface area contributed by atoms with Crippen molar-refractivity contribution in [1.29, 1.82) is 0 Å². The van der Waals surface area contributed by atoms with E-state index in [4.69, 9.17) is 9.72 Å². The van der Waals surface area contributed by atoms with Crippen molar-refractivity contribution in [1.82, 2.24) is 19.9 Å². The monoisotopic (exact) mass is 486 g/mol. The van der Waals surface area contributed by atoms with Crippen LogP contribution in [0.4, 0.5) is 11.5 Å². The first-order valence-electron chi connectivity index (χ1n) is 12.0. The molecule has 0 unspecified atom stereocenters. The van der Waals surface area contributed by atoms with Crippen molar-refractivity contribution in [3.63, 3.8) is 0 Å². The molecule has 1 fully saturated rings. The maximum Gasteiger partial charge on any atom is 0.189 e. The molecule has 0 bridgehead atoms. The lowest BCUT2D eigenvalue weighted by molar-refractivity contribution is 0.415. The Hall–Kier alpha value is -3.39. The van der Waals surface area contributed by atoms with Crippen LogP contribution in [0.3, 0.4) is 0 Å². The molecule has 2 aromatic heterocycles. The first kappa shape index (κ1) is 23.4. The molecule has 2 aromatic carbocycles. The fraction of sp³-hybridized carbons (Fsp3) is 0.333. The molecule has 0 radical (unpaired) electrons. The van der Waals surface area contributed by atoms with Crippen LogP contribution in [0.1, 0.15) is 25.6 Å². The summed E-state index contributed by atoms with van der Waals surface area (Å²) in [7, 11) is 1.71. The number of benzene rings is 2. The number of rotatable bonds is 7. The molecule has 0 aliphatic carbocycles. The molecule has 8 heteroatoms. The van der Waals surface area contributed by atoms with E-state index in [1.807, 2.05) is 36.8 Å². The zero-order valence-corrected chi connectivity index (χ0v) is 21.2. The Bertz CT molecular complexity index is 1320. The summed E-state index contributed by atoms with van der Waals surface area (Å²) in [5, 5.41) is 6.97. The number of anilines is 2. The molecule has 35 heavy (non-hydrogen) atoms. The topological polar surface area (TPSA) is 76.1 Å². The Kier molecular flexibility index (Phi) is 6.99. The Morgan fingerprint density at radius 1 is 1.03 bits per heavy atom. The van der Waals surface area contributed by atoms with Gasteiger partial charge < -0.3 is 15.0 Å². The molecule has 5 rings (SSSR count). The molecule has 0 atom stereocenters. The number of hydrogen-bond donors (Lipinski definition) is 1. The Morgan fingerprint density at radius 2 is 1.86 bits per heavy atom. The normalized spacial score (nSPS) is 14.3. The molecule has 1 N–H and O–H groups in total. The predicted octanol–water partition coefficient (Wildman–Crippen LogP) is 5.46. The molecular formula is C27H30N6OS. The van der Waals surface area contributed by atoms with E-state index in [-0.39, 0.29) is 0 Å². The van der Waals surface area contributed by atoms with E-state index in [9.17, 15) is 0 Å². The number of aryl methyl sites for hydroxylation is 1. The Labute approximate surface area is 210 Å². The van der Waals surface area contributed by atoms with Gasteiger partial charge in [0.2, 0.25) is 0 Å². The standard InChI is InChI=1S/C27H30N6OS/c1-4-25-28-11-7-23(31-25)19-15-18-5-6-21(34-2)17-22(18)24(16-19)30-20-9-13-33(14-10-20)26-8-12-29-27(32-26)35-3/h5-8,11-12,15-17,20,30H,4,9-10,13-14H2,1-3H3. The fourth-order valence-corrected chi connectivity index (χ4v) is 4.89. The van der Waals surface area contributed by atoms with Gasteiger partial charge in [-0.2, -0.15) is 0 Å². The van der Waals surface area contributed by atoms with Crippen molar-refractivity contribution in [3.05, 3.63) is 60.7 Å². The number of thioether (sulfide) groups is 1. The van der Waals surface area contributed by atoms with Crippen LogP contribution in [0.15, 0.2) is 60.0 Å². The average Bonchev–Trinajstić information content (AvgIpc) is 2.93. The lowest BCUT2D eigenvalue weighted by Gasteiger charge is -2.34. The first-order valence-corrected chi connectivity index (χ1v) is 13.2. The predicted molar refractivity (Wildman–Crippen MR) is 144 cm³/mol. The third-order valence-electron chi connectivity index (χ3n) is 6.46. The number of methoxy groups -OCH3 is 1. The molecule has 0 amide bonds. The molecular weight excluding hydrogens is 456 g/mol. The minimum Gasteiger partial charge on any atom is -0.497 e. The van der Waals surface area contributed by atoms with E-state index in [0.717, 1.165) is 82.6 Å². The molecule has 1 aliphatic rings. The number of hydrogen-bond acceptors (Lipinski definition) is 8.